The van der Waals surface area contributed by atoms with Gasteiger partial charge in [0.25, 0.3) is 0 Å². The number of hydrogen-bond donors (Lipinski definition) is 1. The standard InChI is InChI=1S/C14H23NO4S/c1-4-8-15(9-5-2)20(17,18)13-6-7-14(19-3)12(10-13)11-16/h6-7,10,16H,4-5,8-9,11H2,1-3H3. The van der Waals surface area contributed by atoms with Gasteiger partial charge in [-0.1, -0.05) is 13.8 Å². The summed E-state index contributed by atoms with van der Waals surface area (Å²) in [5.41, 5.74) is 0.474. The molecule has 6 heteroatoms. The van der Waals surface area contributed by atoms with Gasteiger partial charge in [0.2, 0.25) is 10.0 Å². The molecular formula is C14H23NO4S. The van der Waals surface area contributed by atoms with Gasteiger partial charge in [0.1, 0.15) is 5.75 Å². The molecule has 0 amide bonds. The van der Waals surface area contributed by atoms with Crippen molar-refractivity contribution in [3.8, 4) is 5.75 Å². The van der Waals surface area contributed by atoms with Gasteiger partial charge in [-0.2, -0.15) is 4.31 Å². The second-order valence-corrected chi connectivity index (χ2v) is 6.47. The first kappa shape index (κ1) is 16.9. The molecule has 0 saturated heterocycles. The number of rotatable bonds is 8. The van der Waals surface area contributed by atoms with Crippen molar-refractivity contribution in [1.82, 2.24) is 4.31 Å². The summed E-state index contributed by atoms with van der Waals surface area (Å²) in [6.07, 6.45) is 1.53. The smallest absolute Gasteiger partial charge is 0.243 e. The number of aliphatic hydroxyl groups is 1. The summed E-state index contributed by atoms with van der Waals surface area (Å²) in [5.74, 6) is 0.490. The lowest BCUT2D eigenvalue weighted by Crippen LogP contribution is -2.32. The van der Waals surface area contributed by atoms with Crippen LogP contribution in [0.15, 0.2) is 23.1 Å². The van der Waals surface area contributed by atoms with E-state index in [1.165, 1.54) is 23.5 Å². The maximum Gasteiger partial charge on any atom is 0.243 e. The van der Waals surface area contributed by atoms with E-state index in [1.54, 1.807) is 6.07 Å². The van der Waals surface area contributed by atoms with Crippen LogP contribution in [0.1, 0.15) is 32.3 Å². The van der Waals surface area contributed by atoms with Crippen LogP contribution in [0.3, 0.4) is 0 Å². The molecule has 0 aliphatic heterocycles. The fourth-order valence-corrected chi connectivity index (χ4v) is 3.71. The molecule has 20 heavy (non-hydrogen) atoms. The summed E-state index contributed by atoms with van der Waals surface area (Å²) < 4.78 is 31.7. The maximum absolute atomic E-state index is 12.6. The Morgan fingerprint density at radius 3 is 2.25 bits per heavy atom. The molecule has 0 heterocycles. The monoisotopic (exact) mass is 301 g/mol. The maximum atomic E-state index is 12.6. The lowest BCUT2D eigenvalue weighted by molar-refractivity contribution is 0.273. The van der Waals surface area contributed by atoms with Crippen LogP contribution in [0.25, 0.3) is 0 Å². The van der Waals surface area contributed by atoms with E-state index in [9.17, 15) is 13.5 Å². The molecule has 0 radical (unpaired) electrons. The van der Waals surface area contributed by atoms with Gasteiger partial charge < -0.3 is 9.84 Å². The number of aliphatic hydroxyl groups excluding tert-OH is 1. The van der Waals surface area contributed by atoms with Gasteiger partial charge in [-0.3, -0.25) is 0 Å². The first-order valence-corrected chi connectivity index (χ1v) is 8.23. The van der Waals surface area contributed by atoms with Crippen molar-refractivity contribution in [1.29, 1.82) is 0 Å². The molecule has 1 aromatic rings. The minimum absolute atomic E-state index is 0.198. The molecule has 114 valence electrons. The molecule has 1 rings (SSSR count). The fourth-order valence-electron chi connectivity index (χ4n) is 2.04. The molecule has 0 aliphatic carbocycles. The Balaban J connectivity index is 3.19. The highest BCUT2D eigenvalue weighted by atomic mass is 32.2. The quantitative estimate of drug-likeness (QED) is 0.797. The molecule has 0 saturated carbocycles. The van der Waals surface area contributed by atoms with Gasteiger partial charge in [0, 0.05) is 18.7 Å². The number of hydrogen-bond acceptors (Lipinski definition) is 4. The summed E-state index contributed by atoms with van der Waals surface area (Å²) in [7, 11) is -2.03. The second kappa shape index (κ2) is 7.61. The van der Waals surface area contributed by atoms with Crippen molar-refractivity contribution in [3.05, 3.63) is 23.8 Å². The zero-order valence-electron chi connectivity index (χ0n) is 12.3. The fraction of sp³-hybridized carbons (Fsp3) is 0.571. The highest BCUT2D eigenvalue weighted by molar-refractivity contribution is 7.89. The van der Waals surface area contributed by atoms with Crippen LogP contribution in [-0.2, 0) is 16.6 Å². The molecule has 5 nitrogen and oxygen atoms in total. The van der Waals surface area contributed by atoms with Crippen molar-refractivity contribution in [2.45, 2.75) is 38.2 Å². The van der Waals surface area contributed by atoms with E-state index in [4.69, 9.17) is 4.74 Å². The van der Waals surface area contributed by atoms with Gasteiger partial charge in [-0.05, 0) is 31.0 Å². The zero-order valence-corrected chi connectivity index (χ0v) is 13.1. The largest absolute Gasteiger partial charge is 0.496 e. The molecule has 0 aromatic heterocycles. The van der Waals surface area contributed by atoms with Gasteiger partial charge in [0.15, 0.2) is 0 Å². The average Bonchev–Trinajstić information content (AvgIpc) is 2.46. The number of benzene rings is 1. The molecular weight excluding hydrogens is 278 g/mol. The van der Waals surface area contributed by atoms with Crippen LogP contribution < -0.4 is 4.74 Å². The minimum atomic E-state index is -3.52. The van der Waals surface area contributed by atoms with E-state index in [1.807, 2.05) is 13.8 Å². The zero-order chi connectivity index (χ0) is 15.2. The number of sulfonamides is 1. The summed E-state index contributed by atoms with van der Waals surface area (Å²) in [4.78, 5) is 0.198. The van der Waals surface area contributed by atoms with Crippen LogP contribution in [-0.4, -0.2) is 38.0 Å². The SMILES string of the molecule is CCCN(CCC)S(=O)(=O)c1ccc(OC)c(CO)c1. The third-order valence-corrected chi connectivity index (χ3v) is 4.90. The van der Waals surface area contributed by atoms with Crippen molar-refractivity contribution < 1.29 is 18.3 Å². The number of nitrogens with zero attached hydrogens (tertiary/aromatic N) is 1. The topological polar surface area (TPSA) is 66.8 Å². The summed E-state index contributed by atoms with van der Waals surface area (Å²) in [6.45, 7) is 4.64. The third kappa shape index (κ3) is 3.71. The summed E-state index contributed by atoms with van der Waals surface area (Å²) >= 11 is 0. The Bertz CT molecular complexity index is 522. The summed E-state index contributed by atoms with van der Waals surface area (Å²) in [6, 6.07) is 4.58. The molecule has 0 unspecified atom stereocenters. The van der Waals surface area contributed by atoms with E-state index < -0.39 is 10.0 Å². The third-order valence-electron chi connectivity index (χ3n) is 3.01. The van der Waals surface area contributed by atoms with Crippen molar-refractivity contribution >= 4 is 10.0 Å². The van der Waals surface area contributed by atoms with Crippen LogP contribution in [0.4, 0.5) is 0 Å². The molecule has 0 spiro atoms. The van der Waals surface area contributed by atoms with Gasteiger partial charge >= 0.3 is 0 Å². The normalized spacial score (nSPS) is 11.8. The molecule has 0 fully saturated rings. The first-order chi connectivity index (χ1) is 9.51. The highest BCUT2D eigenvalue weighted by Crippen LogP contribution is 2.24. The molecule has 1 N–H and O–H groups in total. The lowest BCUT2D eigenvalue weighted by Gasteiger charge is -2.21. The average molecular weight is 301 g/mol. The predicted octanol–water partition coefficient (Wildman–Crippen LogP) is 2.00. The van der Waals surface area contributed by atoms with Crippen molar-refractivity contribution in [2.75, 3.05) is 20.2 Å². The van der Waals surface area contributed by atoms with E-state index in [0.29, 0.717) is 24.4 Å². The first-order valence-electron chi connectivity index (χ1n) is 6.79. The lowest BCUT2D eigenvalue weighted by atomic mass is 10.2. The predicted molar refractivity (Wildman–Crippen MR) is 78.3 cm³/mol. The van der Waals surface area contributed by atoms with Crippen LogP contribution in [0.5, 0.6) is 5.75 Å². The Hall–Kier alpha value is -1.11. The second-order valence-electron chi connectivity index (χ2n) is 4.54. The van der Waals surface area contributed by atoms with Crippen molar-refractivity contribution in [2.24, 2.45) is 0 Å². The van der Waals surface area contributed by atoms with Crippen molar-refractivity contribution in [3.63, 3.8) is 0 Å². The van der Waals surface area contributed by atoms with Gasteiger partial charge in [0.05, 0.1) is 18.6 Å². The molecule has 0 aliphatic rings. The van der Waals surface area contributed by atoms with E-state index >= 15 is 0 Å². The van der Waals surface area contributed by atoms with E-state index in [-0.39, 0.29) is 11.5 Å². The Kier molecular flexibility index (Phi) is 6.45. The highest BCUT2D eigenvalue weighted by Gasteiger charge is 2.23. The Labute approximate surface area is 121 Å². The number of ether oxygens (including phenoxy) is 1. The summed E-state index contributed by atoms with van der Waals surface area (Å²) in [5, 5.41) is 9.30. The Morgan fingerprint density at radius 1 is 1.20 bits per heavy atom. The van der Waals surface area contributed by atoms with Crippen LogP contribution in [0.2, 0.25) is 0 Å². The van der Waals surface area contributed by atoms with Crippen LogP contribution >= 0.6 is 0 Å². The molecule has 1 aromatic carbocycles. The molecule has 0 atom stereocenters. The van der Waals surface area contributed by atoms with Crippen LogP contribution in [0, 0.1) is 0 Å². The molecule has 0 bridgehead atoms. The van der Waals surface area contributed by atoms with E-state index in [0.717, 1.165) is 12.8 Å². The number of methoxy groups -OCH3 is 1. The minimum Gasteiger partial charge on any atom is -0.496 e. The van der Waals surface area contributed by atoms with Gasteiger partial charge in [-0.25, -0.2) is 8.42 Å². The van der Waals surface area contributed by atoms with E-state index in [2.05, 4.69) is 0 Å². The Morgan fingerprint density at radius 2 is 1.80 bits per heavy atom. The van der Waals surface area contributed by atoms with Gasteiger partial charge in [-0.15, -0.1) is 0 Å².